The van der Waals surface area contributed by atoms with Crippen LogP contribution in [0.4, 0.5) is 0 Å². The third-order valence-electron chi connectivity index (χ3n) is 3.87. The Kier molecular flexibility index (Phi) is 7.46. The first-order valence-electron chi connectivity index (χ1n) is 8.05. The van der Waals surface area contributed by atoms with Crippen molar-refractivity contribution in [2.24, 2.45) is 0 Å². The minimum atomic E-state index is -0.0322. The van der Waals surface area contributed by atoms with Crippen molar-refractivity contribution in [3.63, 3.8) is 0 Å². The van der Waals surface area contributed by atoms with E-state index in [-0.39, 0.29) is 23.7 Å². The van der Waals surface area contributed by atoms with Crippen LogP contribution in [-0.2, 0) is 5.41 Å². The maximum atomic E-state index is 12.0. The van der Waals surface area contributed by atoms with Gasteiger partial charge in [0.1, 0.15) is 0 Å². The van der Waals surface area contributed by atoms with Crippen molar-refractivity contribution in [1.82, 2.24) is 10.6 Å². The van der Waals surface area contributed by atoms with E-state index in [4.69, 9.17) is 0 Å². The van der Waals surface area contributed by atoms with E-state index in [1.807, 2.05) is 31.3 Å². The molecule has 0 saturated heterocycles. The lowest BCUT2D eigenvalue weighted by molar-refractivity contribution is 0.0954. The fraction of sp³-hybridized carbons (Fsp3) is 0.350. The molecule has 2 N–H and O–H groups in total. The zero-order valence-electron chi connectivity index (χ0n) is 14.8. The van der Waals surface area contributed by atoms with Gasteiger partial charge in [-0.05, 0) is 41.3 Å². The first-order chi connectivity index (χ1) is 10.9. The van der Waals surface area contributed by atoms with Gasteiger partial charge in [-0.3, -0.25) is 4.79 Å². The lowest BCUT2D eigenvalue weighted by Crippen LogP contribution is -2.30. The van der Waals surface area contributed by atoms with Gasteiger partial charge in [0, 0.05) is 18.7 Å². The molecular weight excluding hydrogens is 320 g/mol. The van der Waals surface area contributed by atoms with Crippen LogP contribution in [-0.4, -0.2) is 26.0 Å². The summed E-state index contributed by atoms with van der Waals surface area (Å²) >= 11 is 0. The molecule has 0 heterocycles. The topological polar surface area (TPSA) is 41.1 Å². The van der Waals surface area contributed by atoms with E-state index in [2.05, 4.69) is 55.7 Å². The maximum absolute atomic E-state index is 12.0. The summed E-state index contributed by atoms with van der Waals surface area (Å²) in [5, 5.41) is 5.89. The van der Waals surface area contributed by atoms with Crippen LogP contribution in [0.25, 0.3) is 11.1 Å². The van der Waals surface area contributed by atoms with Crippen LogP contribution < -0.4 is 10.6 Å². The maximum Gasteiger partial charge on any atom is 0.251 e. The summed E-state index contributed by atoms with van der Waals surface area (Å²) < 4.78 is 0. The van der Waals surface area contributed by atoms with E-state index in [1.54, 1.807) is 0 Å². The van der Waals surface area contributed by atoms with Gasteiger partial charge in [-0.2, -0.15) is 0 Å². The van der Waals surface area contributed by atoms with Gasteiger partial charge in [0.15, 0.2) is 0 Å². The number of halogens is 1. The number of hydrogen-bond acceptors (Lipinski definition) is 2. The molecule has 1 amide bonds. The summed E-state index contributed by atoms with van der Waals surface area (Å²) in [6, 6.07) is 16.4. The van der Waals surface area contributed by atoms with E-state index in [9.17, 15) is 4.79 Å². The van der Waals surface area contributed by atoms with Crippen LogP contribution in [0.5, 0.6) is 0 Å². The van der Waals surface area contributed by atoms with Crippen LogP contribution >= 0.6 is 12.4 Å². The fourth-order valence-corrected chi connectivity index (χ4v) is 2.38. The largest absolute Gasteiger partial charge is 0.351 e. The Morgan fingerprint density at radius 1 is 0.958 bits per heavy atom. The van der Waals surface area contributed by atoms with Crippen LogP contribution in [0.1, 0.15) is 36.7 Å². The Labute approximate surface area is 151 Å². The molecular formula is C20H27ClN2O. The van der Waals surface area contributed by atoms with Gasteiger partial charge in [-0.15, -0.1) is 12.4 Å². The first kappa shape index (κ1) is 20.2. The quantitative estimate of drug-likeness (QED) is 0.803. The van der Waals surface area contributed by atoms with Crippen LogP contribution in [0.15, 0.2) is 48.5 Å². The second-order valence-corrected chi connectivity index (χ2v) is 6.77. The highest BCUT2D eigenvalue weighted by Crippen LogP contribution is 2.27. The van der Waals surface area contributed by atoms with Gasteiger partial charge >= 0.3 is 0 Å². The molecule has 2 rings (SSSR count). The monoisotopic (exact) mass is 346 g/mol. The molecule has 0 atom stereocenters. The zero-order valence-corrected chi connectivity index (χ0v) is 15.7. The number of amides is 1. The van der Waals surface area contributed by atoms with E-state index < -0.39 is 0 Å². The van der Waals surface area contributed by atoms with Gasteiger partial charge in [-0.25, -0.2) is 0 Å². The van der Waals surface area contributed by atoms with Crippen molar-refractivity contribution >= 4 is 18.3 Å². The Morgan fingerprint density at radius 3 is 2.21 bits per heavy atom. The third-order valence-corrected chi connectivity index (χ3v) is 3.87. The number of likely N-dealkylation sites (N-methyl/N-ethyl adjacent to an activating group) is 1. The van der Waals surface area contributed by atoms with Crippen molar-refractivity contribution in [2.45, 2.75) is 26.2 Å². The SMILES string of the molecule is CNCCNC(=O)c1ccc(-c2cccc(C(C)(C)C)c2)cc1.Cl. The molecule has 0 fully saturated rings. The summed E-state index contributed by atoms with van der Waals surface area (Å²) in [6.07, 6.45) is 0. The van der Waals surface area contributed by atoms with Gasteiger partial charge in [-0.1, -0.05) is 57.2 Å². The molecule has 0 saturated carbocycles. The molecule has 3 nitrogen and oxygen atoms in total. The van der Waals surface area contributed by atoms with E-state index >= 15 is 0 Å². The van der Waals surface area contributed by atoms with E-state index in [0.717, 1.165) is 12.1 Å². The first-order valence-corrected chi connectivity index (χ1v) is 8.05. The number of benzene rings is 2. The molecule has 4 heteroatoms. The van der Waals surface area contributed by atoms with Gasteiger partial charge in [0.2, 0.25) is 0 Å². The molecule has 0 aliphatic rings. The summed E-state index contributed by atoms with van der Waals surface area (Å²) in [5.74, 6) is -0.0322. The smallest absolute Gasteiger partial charge is 0.251 e. The molecule has 130 valence electrons. The summed E-state index contributed by atoms with van der Waals surface area (Å²) in [6.45, 7) is 8.04. The molecule has 0 aliphatic heterocycles. The second kappa shape index (κ2) is 8.86. The zero-order chi connectivity index (χ0) is 16.9. The standard InChI is InChI=1S/C20H26N2O.ClH/c1-20(2,3)18-7-5-6-17(14-18)15-8-10-16(11-9-15)19(23)22-13-12-21-4;/h5-11,14,21H,12-13H2,1-4H3,(H,22,23);1H. The lowest BCUT2D eigenvalue weighted by atomic mass is 9.85. The van der Waals surface area contributed by atoms with Crippen molar-refractivity contribution < 1.29 is 4.79 Å². The van der Waals surface area contributed by atoms with Gasteiger partial charge in [0.05, 0.1) is 0 Å². The molecule has 0 aliphatic carbocycles. The van der Waals surface area contributed by atoms with Crippen LogP contribution in [0.3, 0.4) is 0 Å². The van der Waals surface area contributed by atoms with Crippen LogP contribution in [0, 0.1) is 0 Å². The van der Waals surface area contributed by atoms with Crippen molar-refractivity contribution in [1.29, 1.82) is 0 Å². The predicted octanol–water partition coefficient (Wildman–Crippen LogP) is 4.02. The average Bonchev–Trinajstić information content (AvgIpc) is 2.54. The Hall–Kier alpha value is -1.84. The lowest BCUT2D eigenvalue weighted by Gasteiger charge is -2.19. The summed E-state index contributed by atoms with van der Waals surface area (Å²) in [4.78, 5) is 12.0. The number of carbonyl (C=O) groups is 1. The summed E-state index contributed by atoms with van der Waals surface area (Å²) in [7, 11) is 1.87. The molecule has 0 unspecified atom stereocenters. The molecule has 0 radical (unpaired) electrons. The van der Waals surface area contributed by atoms with Gasteiger partial charge in [0.25, 0.3) is 5.91 Å². The Morgan fingerprint density at radius 2 is 1.62 bits per heavy atom. The van der Waals surface area contributed by atoms with Crippen LogP contribution in [0.2, 0.25) is 0 Å². The average molecular weight is 347 g/mol. The molecule has 2 aromatic rings. The number of hydrogen-bond donors (Lipinski definition) is 2. The van der Waals surface area contributed by atoms with E-state index in [0.29, 0.717) is 12.1 Å². The molecule has 0 spiro atoms. The summed E-state index contributed by atoms with van der Waals surface area (Å²) in [5.41, 5.74) is 4.44. The van der Waals surface area contributed by atoms with Crippen molar-refractivity contribution in [3.05, 3.63) is 59.7 Å². The number of carbonyl (C=O) groups excluding carboxylic acids is 1. The number of rotatable bonds is 5. The molecule has 24 heavy (non-hydrogen) atoms. The number of nitrogens with one attached hydrogen (secondary N) is 2. The van der Waals surface area contributed by atoms with E-state index in [1.165, 1.54) is 11.1 Å². The minimum absolute atomic E-state index is 0. The highest BCUT2D eigenvalue weighted by Gasteiger charge is 2.14. The van der Waals surface area contributed by atoms with Crippen molar-refractivity contribution in [2.75, 3.05) is 20.1 Å². The molecule has 0 aromatic heterocycles. The molecule has 2 aromatic carbocycles. The van der Waals surface area contributed by atoms with Crippen molar-refractivity contribution in [3.8, 4) is 11.1 Å². The minimum Gasteiger partial charge on any atom is -0.351 e. The Bertz CT molecular complexity index is 660. The highest BCUT2D eigenvalue weighted by molar-refractivity contribution is 5.94. The van der Waals surface area contributed by atoms with Gasteiger partial charge < -0.3 is 10.6 Å². The normalized spacial score (nSPS) is 10.8. The fourth-order valence-electron chi connectivity index (χ4n) is 2.38. The third kappa shape index (κ3) is 5.36. The Balaban J connectivity index is 0.00000288. The molecule has 0 bridgehead atoms. The second-order valence-electron chi connectivity index (χ2n) is 6.77. The highest BCUT2D eigenvalue weighted by atomic mass is 35.5. The predicted molar refractivity (Wildman–Crippen MR) is 104 cm³/mol.